The van der Waals surface area contributed by atoms with Gasteiger partial charge in [0, 0.05) is 31.1 Å². The molecule has 3 heterocycles. The van der Waals surface area contributed by atoms with Gasteiger partial charge in [-0.3, -0.25) is 4.79 Å². The molecule has 0 bridgehead atoms. The average Bonchev–Trinajstić information content (AvgIpc) is 3.08. The van der Waals surface area contributed by atoms with E-state index in [0.29, 0.717) is 12.5 Å². The maximum absolute atomic E-state index is 12.3. The van der Waals surface area contributed by atoms with E-state index in [0.717, 1.165) is 30.3 Å². The molecule has 2 aromatic heterocycles. The van der Waals surface area contributed by atoms with Gasteiger partial charge in [-0.15, -0.1) is 22.7 Å². The van der Waals surface area contributed by atoms with Crippen LogP contribution < -0.4 is 5.32 Å². The Balaban J connectivity index is 1.64. The number of hydrogen-bond acceptors (Lipinski definition) is 5. The van der Waals surface area contributed by atoms with Crippen molar-refractivity contribution in [2.24, 2.45) is 0 Å². The summed E-state index contributed by atoms with van der Waals surface area (Å²) in [5, 5.41) is 8.40. The highest BCUT2D eigenvalue weighted by atomic mass is 32.1. The molecular formula is C14H17N3OS2. The fourth-order valence-corrected chi connectivity index (χ4v) is 3.96. The first kappa shape index (κ1) is 13.7. The van der Waals surface area contributed by atoms with Gasteiger partial charge in [0.2, 0.25) is 5.91 Å². The zero-order chi connectivity index (χ0) is 13.9. The number of carbonyl (C=O) groups excluding carboxylic acids is 1. The Morgan fingerprint density at radius 3 is 3.20 bits per heavy atom. The van der Waals surface area contributed by atoms with Crippen LogP contribution in [0, 0.1) is 0 Å². The number of rotatable bonds is 3. The Bertz CT molecular complexity index is 579. The molecule has 20 heavy (non-hydrogen) atoms. The number of carbonyl (C=O) groups is 1. The summed E-state index contributed by atoms with van der Waals surface area (Å²) in [5.41, 5.74) is 0.884. The molecule has 1 atom stereocenters. The van der Waals surface area contributed by atoms with Gasteiger partial charge in [-0.05, 0) is 18.4 Å². The first-order chi connectivity index (χ1) is 9.72. The molecule has 2 aromatic rings. The Morgan fingerprint density at radius 2 is 2.45 bits per heavy atom. The molecule has 1 unspecified atom stereocenters. The van der Waals surface area contributed by atoms with Crippen molar-refractivity contribution in [3.63, 3.8) is 0 Å². The number of nitrogens with zero attached hydrogens (tertiary/aromatic N) is 2. The molecule has 0 spiro atoms. The van der Waals surface area contributed by atoms with Crippen LogP contribution in [0.15, 0.2) is 22.9 Å². The van der Waals surface area contributed by atoms with Crippen LogP contribution in [0.1, 0.15) is 12.6 Å². The van der Waals surface area contributed by atoms with E-state index in [1.807, 2.05) is 21.7 Å². The van der Waals surface area contributed by atoms with Crippen LogP contribution in [0.3, 0.4) is 0 Å². The fourth-order valence-electron chi connectivity index (χ4n) is 2.33. The van der Waals surface area contributed by atoms with Crippen LogP contribution in [0.25, 0.3) is 9.88 Å². The van der Waals surface area contributed by atoms with Gasteiger partial charge in [-0.1, -0.05) is 6.07 Å². The minimum atomic E-state index is 0.182. The van der Waals surface area contributed by atoms with E-state index in [9.17, 15) is 4.79 Å². The quantitative estimate of drug-likeness (QED) is 0.946. The van der Waals surface area contributed by atoms with Crippen molar-refractivity contribution in [3.05, 3.63) is 28.6 Å². The summed E-state index contributed by atoms with van der Waals surface area (Å²) in [7, 11) is 0. The summed E-state index contributed by atoms with van der Waals surface area (Å²) in [6.07, 6.45) is 0.411. The number of amides is 1. The highest BCUT2D eigenvalue weighted by molar-refractivity contribution is 7.20. The number of thiophene rings is 1. The lowest BCUT2D eigenvalue weighted by molar-refractivity contribution is -0.131. The Hall–Kier alpha value is -1.24. The largest absolute Gasteiger partial charge is 0.340 e. The van der Waals surface area contributed by atoms with Crippen molar-refractivity contribution in [2.45, 2.75) is 19.4 Å². The predicted molar refractivity (Wildman–Crippen MR) is 83.2 cm³/mol. The maximum Gasteiger partial charge on any atom is 0.228 e. The van der Waals surface area contributed by atoms with Crippen LogP contribution in [-0.2, 0) is 11.2 Å². The van der Waals surface area contributed by atoms with Crippen molar-refractivity contribution in [1.29, 1.82) is 0 Å². The molecule has 1 N–H and O–H groups in total. The second kappa shape index (κ2) is 6.03. The van der Waals surface area contributed by atoms with E-state index in [1.54, 1.807) is 22.7 Å². The second-order valence-electron chi connectivity index (χ2n) is 4.99. The monoisotopic (exact) mass is 307 g/mol. The number of aromatic nitrogens is 1. The molecule has 0 radical (unpaired) electrons. The molecular weight excluding hydrogens is 290 g/mol. The molecule has 106 valence electrons. The van der Waals surface area contributed by atoms with Gasteiger partial charge >= 0.3 is 0 Å². The summed E-state index contributed by atoms with van der Waals surface area (Å²) < 4.78 is 0. The third-order valence-corrected chi connectivity index (χ3v) is 5.27. The number of nitrogens with one attached hydrogen (secondary N) is 1. The number of piperazine rings is 1. The molecule has 1 fully saturated rings. The minimum Gasteiger partial charge on any atom is -0.340 e. The van der Waals surface area contributed by atoms with Gasteiger partial charge in [-0.25, -0.2) is 4.98 Å². The topological polar surface area (TPSA) is 45.2 Å². The van der Waals surface area contributed by atoms with Crippen molar-refractivity contribution in [2.75, 3.05) is 19.6 Å². The van der Waals surface area contributed by atoms with Gasteiger partial charge in [0.1, 0.15) is 5.01 Å². The van der Waals surface area contributed by atoms with E-state index in [-0.39, 0.29) is 5.91 Å². The van der Waals surface area contributed by atoms with E-state index < -0.39 is 0 Å². The van der Waals surface area contributed by atoms with Crippen LogP contribution >= 0.6 is 22.7 Å². The van der Waals surface area contributed by atoms with Crippen LogP contribution in [0.4, 0.5) is 0 Å². The smallest absolute Gasteiger partial charge is 0.228 e. The van der Waals surface area contributed by atoms with Crippen molar-refractivity contribution < 1.29 is 4.79 Å². The van der Waals surface area contributed by atoms with Crippen LogP contribution in [0.2, 0.25) is 0 Å². The standard InChI is InChI=1S/C14H17N3OS2/c1-10-8-17(5-4-15-10)13(18)7-11-9-20-14(16-11)12-3-2-6-19-12/h2-3,6,9-10,15H,4-5,7-8H2,1H3. The number of hydrogen-bond donors (Lipinski definition) is 1. The van der Waals surface area contributed by atoms with Gasteiger partial charge in [0.05, 0.1) is 17.0 Å². The normalized spacial score (nSPS) is 19.2. The van der Waals surface area contributed by atoms with Crippen LogP contribution in [-0.4, -0.2) is 41.5 Å². The van der Waals surface area contributed by atoms with E-state index in [4.69, 9.17) is 0 Å². The summed E-state index contributed by atoms with van der Waals surface area (Å²) in [6.45, 7) is 4.58. The minimum absolute atomic E-state index is 0.182. The zero-order valence-electron chi connectivity index (χ0n) is 11.3. The van der Waals surface area contributed by atoms with Gasteiger partial charge < -0.3 is 10.2 Å². The molecule has 0 aromatic carbocycles. The third kappa shape index (κ3) is 3.08. The molecule has 4 nitrogen and oxygen atoms in total. The lowest BCUT2D eigenvalue weighted by Gasteiger charge is -2.31. The third-order valence-electron chi connectivity index (χ3n) is 3.34. The Kier molecular flexibility index (Phi) is 4.14. The van der Waals surface area contributed by atoms with Crippen molar-refractivity contribution >= 4 is 28.6 Å². The average molecular weight is 307 g/mol. The lowest BCUT2D eigenvalue weighted by atomic mass is 10.2. The van der Waals surface area contributed by atoms with Crippen LogP contribution in [0.5, 0.6) is 0 Å². The molecule has 1 aliphatic rings. The van der Waals surface area contributed by atoms with Crippen molar-refractivity contribution in [3.8, 4) is 9.88 Å². The lowest BCUT2D eigenvalue weighted by Crippen LogP contribution is -2.51. The molecule has 0 aliphatic carbocycles. The highest BCUT2D eigenvalue weighted by Crippen LogP contribution is 2.28. The van der Waals surface area contributed by atoms with E-state index in [1.165, 1.54) is 4.88 Å². The van der Waals surface area contributed by atoms with E-state index >= 15 is 0 Å². The zero-order valence-corrected chi connectivity index (χ0v) is 13.0. The summed E-state index contributed by atoms with van der Waals surface area (Å²) in [6, 6.07) is 4.46. The molecule has 1 aliphatic heterocycles. The number of thiazole rings is 1. The fraction of sp³-hybridized carbons (Fsp3) is 0.429. The molecule has 3 rings (SSSR count). The van der Waals surface area contributed by atoms with E-state index in [2.05, 4.69) is 23.3 Å². The van der Waals surface area contributed by atoms with Crippen molar-refractivity contribution in [1.82, 2.24) is 15.2 Å². The highest BCUT2D eigenvalue weighted by Gasteiger charge is 2.21. The first-order valence-corrected chi connectivity index (χ1v) is 8.48. The second-order valence-corrected chi connectivity index (χ2v) is 6.80. The summed E-state index contributed by atoms with van der Waals surface area (Å²) in [5.74, 6) is 0.182. The molecule has 1 amide bonds. The summed E-state index contributed by atoms with van der Waals surface area (Å²) >= 11 is 3.29. The van der Waals surface area contributed by atoms with Gasteiger partial charge in [-0.2, -0.15) is 0 Å². The maximum atomic E-state index is 12.3. The van der Waals surface area contributed by atoms with Gasteiger partial charge in [0.15, 0.2) is 0 Å². The Morgan fingerprint density at radius 1 is 1.55 bits per heavy atom. The molecule has 0 saturated carbocycles. The molecule has 1 saturated heterocycles. The molecule has 6 heteroatoms. The predicted octanol–water partition coefficient (Wildman–Crippen LogP) is 2.23. The van der Waals surface area contributed by atoms with Gasteiger partial charge in [0.25, 0.3) is 0 Å². The Labute approximate surface area is 126 Å². The first-order valence-electron chi connectivity index (χ1n) is 6.72. The summed E-state index contributed by atoms with van der Waals surface area (Å²) in [4.78, 5) is 20.0. The SMILES string of the molecule is CC1CN(C(=O)Cc2csc(-c3cccs3)n2)CCN1.